The van der Waals surface area contributed by atoms with Crippen molar-refractivity contribution in [1.29, 1.82) is 5.41 Å². The van der Waals surface area contributed by atoms with E-state index in [9.17, 15) is 9.59 Å². The highest BCUT2D eigenvalue weighted by atomic mass is 16.2. The van der Waals surface area contributed by atoms with E-state index in [1.54, 1.807) is 0 Å². The average molecular weight is 200 g/mol. The van der Waals surface area contributed by atoms with Crippen molar-refractivity contribution in [3.63, 3.8) is 0 Å². The molecule has 0 aromatic heterocycles. The molecule has 0 aliphatic carbocycles. The van der Waals surface area contributed by atoms with Crippen LogP contribution in [-0.4, -0.2) is 35.6 Å². The molecule has 0 aromatic rings. The Morgan fingerprint density at radius 3 is 2.57 bits per heavy atom. The van der Waals surface area contributed by atoms with Crippen LogP contribution < -0.4 is 11.5 Å². The largest absolute Gasteiger partial charge is 0.370 e. The second kappa shape index (κ2) is 6.09. The van der Waals surface area contributed by atoms with Crippen LogP contribution in [0.3, 0.4) is 0 Å². The lowest BCUT2D eigenvalue weighted by molar-refractivity contribution is -0.125. The van der Waals surface area contributed by atoms with Crippen molar-refractivity contribution < 1.29 is 9.59 Å². The summed E-state index contributed by atoms with van der Waals surface area (Å²) < 4.78 is 0. The molecule has 0 saturated heterocycles. The van der Waals surface area contributed by atoms with E-state index in [2.05, 4.69) is 0 Å². The molecule has 0 heterocycles. The van der Waals surface area contributed by atoms with Crippen molar-refractivity contribution in [3.05, 3.63) is 0 Å². The predicted octanol–water partition coefficient (Wildman–Crippen LogP) is -0.965. The monoisotopic (exact) mass is 200 g/mol. The number of carbonyl (C=O) groups is 2. The molecule has 0 saturated carbocycles. The molecule has 5 N–H and O–H groups in total. The molecule has 6 heteroatoms. The first-order valence-corrected chi connectivity index (χ1v) is 4.32. The van der Waals surface area contributed by atoms with E-state index in [1.807, 2.05) is 0 Å². The van der Waals surface area contributed by atoms with Crippen molar-refractivity contribution in [2.75, 3.05) is 6.54 Å². The smallest absolute Gasteiger partial charge is 0.226 e. The Kier molecular flexibility index (Phi) is 5.47. The number of nitrogens with zero attached hydrogens (tertiary/aromatic N) is 1. The maximum Gasteiger partial charge on any atom is 0.226 e. The maximum atomic E-state index is 10.9. The molecule has 1 atom stereocenters. The number of rotatable bonds is 5. The summed E-state index contributed by atoms with van der Waals surface area (Å²) in [5.41, 5.74) is 10.5. The fourth-order valence-corrected chi connectivity index (χ4v) is 1.00. The molecular formula is C8H16N4O2. The predicted molar refractivity (Wildman–Crippen MR) is 52.6 cm³/mol. The maximum absolute atomic E-state index is 10.9. The summed E-state index contributed by atoms with van der Waals surface area (Å²) in [5.74, 6) is -0.561. The quantitative estimate of drug-likeness (QED) is 0.301. The number of hydrogen-bond acceptors (Lipinski definition) is 4. The van der Waals surface area contributed by atoms with Gasteiger partial charge in [0.2, 0.25) is 5.91 Å². The van der Waals surface area contributed by atoms with Gasteiger partial charge in [0.05, 0.1) is 6.04 Å². The topological polar surface area (TPSA) is 113 Å². The van der Waals surface area contributed by atoms with E-state index in [1.165, 1.54) is 6.92 Å². The van der Waals surface area contributed by atoms with E-state index in [-0.39, 0.29) is 11.9 Å². The minimum atomic E-state index is -0.504. The first-order chi connectivity index (χ1) is 6.49. The third-order valence-corrected chi connectivity index (χ3v) is 1.76. The van der Waals surface area contributed by atoms with Crippen molar-refractivity contribution in [1.82, 2.24) is 4.90 Å². The van der Waals surface area contributed by atoms with Crippen LogP contribution in [0, 0.1) is 5.41 Å². The van der Waals surface area contributed by atoms with E-state index >= 15 is 0 Å². The summed E-state index contributed by atoms with van der Waals surface area (Å²) in [4.78, 5) is 22.2. The zero-order valence-corrected chi connectivity index (χ0v) is 8.19. The molecule has 14 heavy (non-hydrogen) atoms. The fourth-order valence-electron chi connectivity index (χ4n) is 1.00. The van der Waals surface area contributed by atoms with E-state index in [0.29, 0.717) is 25.7 Å². The van der Waals surface area contributed by atoms with Crippen molar-refractivity contribution >= 4 is 18.2 Å². The van der Waals surface area contributed by atoms with Crippen molar-refractivity contribution in [2.45, 2.75) is 25.8 Å². The molecule has 1 amide bonds. The molecule has 0 aliphatic rings. The number of nitrogens with one attached hydrogen (secondary N) is 1. The van der Waals surface area contributed by atoms with Gasteiger partial charge in [0.1, 0.15) is 6.29 Å². The van der Waals surface area contributed by atoms with Crippen LogP contribution in [0.25, 0.3) is 0 Å². The van der Waals surface area contributed by atoms with Gasteiger partial charge < -0.3 is 16.3 Å². The molecule has 6 nitrogen and oxygen atoms in total. The highest BCUT2D eigenvalue weighted by molar-refractivity contribution is 5.93. The van der Waals surface area contributed by atoms with E-state index < -0.39 is 6.04 Å². The Bertz CT molecular complexity index is 215. The fraction of sp³-hybridized carbons (Fsp3) is 0.625. The van der Waals surface area contributed by atoms with Crippen LogP contribution in [0.1, 0.15) is 19.8 Å². The van der Waals surface area contributed by atoms with E-state index in [4.69, 9.17) is 16.9 Å². The van der Waals surface area contributed by atoms with Gasteiger partial charge in [-0.1, -0.05) is 0 Å². The van der Waals surface area contributed by atoms with Gasteiger partial charge in [-0.3, -0.25) is 15.1 Å². The molecule has 80 valence electrons. The van der Waals surface area contributed by atoms with Gasteiger partial charge in [-0.25, -0.2) is 0 Å². The molecule has 0 unspecified atom stereocenters. The molecule has 0 fully saturated rings. The van der Waals surface area contributed by atoms with Crippen LogP contribution >= 0.6 is 0 Å². The Morgan fingerprint density at radius 2 is 2.21 bits per heavy atom. The normalized spacial score (nSPS) is 11.9. The Hall–Kier alpha value is -1.43. The Morgan fingerprint density at radius 1 is 1.64 bits per heavy atom. The number of aldehydes is 1. The highest BCUT2D eigenvalue weighted by Crippen LogP contribution is 1.97. The third kappa shape index (κ3) is 4.56. The van der Waals surface area contributed by atoms with Gasteiger partial charge in [0.15, 0.2) is 5.96 Å². The second-order valence-electron chi connectivity index (χ2n) is 3.00. The average Bonchev–Trinajstić information content (AvgIpc) is 2.10. The standard InChI is InChI=1S/C8H16N4O2/c1-6(14)12(8(10)11)4-2-3-7(9)5-13/h5,7H,2-4,9H2,1H3,(H3,10,11)/t7-/m1/s1. The zero-order valence-electron chi connectivity index (χ0n) is 8.19. The summed E-state index contributed by atoms with van der Waals surface area (Å²) in [6, 6.07) is -0.504. The van der Waals surface area contributed by atoms with Gasteiger partial charge in [0, 0.05) is 13.5 Å². The number of hydrogen-bond donors (Lipinski definition) is 3. The van der Waals surface area contributed by atoms with Crippen LogP contribution in [0.5, 0.6) is 0 Å². The van der Waals surface area contributed by atoms with Gasteiger partial charge in [-0.15, -0.1) is 0 Å². The lowest BCUT2D eigenvalue weighted by Gasteiger charge is -2.18. The summed E-state index contributed by atoms with van der Waals surface area (Å²) in [6.45, 7) is 1.66. The van der Waals surface area contributed by atoms with Crippen LogP contribution in [0.15, 0.2) is 0 Å². The van der Waals surface area contributed by atoms with Crippen LogP contribution in [0.4, 0.5) is 0 Å². The Labute approximate surface area is 82.7 Å². The molecule has 0 aliphatic heterocycles. The lowest BCUT2D eigenvalue weighted by atomic mass is 10.2. The van der Waals surface area contributed by atoms with Gasteiger partial charge in [-0.2, -0.15) is 0 Å². The molecule has 0 rings (SSSR count). The molecule has 0 radical (unpaired) electrons. The number of guanidine groups is 1. The summed E-state index contributed by atoms with van der Waals surface area (Å²) in [5, 5.41) is 7.09. The van der Waals surface area contributed by atoms with Gasteiger partial charge in [-0.05, 0) is 12.8 Å². The summed E-state index contributed by atoms with van der Waals surface area (Å²) >= 11 is 0. The molecule has 0 spiro atoms. The van der Waals surface area contributed by atoms with Crippen LogP contribution in [-0.2, 0) is 9.59 Å². The van der Waals surface area contributed by atoms with Gasteiger partial charge in [0.25, 0.3) is 0 Å². The molecular weight excluding hydrogens is 184 g/mol. The SMILES string of the molecule is CC(=O)N(CCC[C@@H](N)C=O)C(=N)N. The summed E-state index contributed by atoms with van der Waals surface area (Å²) in [7, 11) is 0. The van der Waals surface area contributed by atoms with Gasteiger partial charge >= 0.3 is 0 Å². The van der Waals surface area contributed by atoms with E-state index in [0.717, 1.165) is 4.90 Å². The van der Waals surface area contributed by atoms with Crippen molar-refractivity contribution in [2.24, 2.45) is 11.5 Å². The first-order valence-electron chi connectivity index (χ1n) is 4.32. The van der Waals surface area contributed by atoms with Crippen LogP contribution in [0.2, 0.25) is 0 Å². The second-order valence-corrected chi connectivity index (χ2v) is 3.00. The zero-order chi connectivity index (χ0) is 11.1. The third-order valence-electron chi connectivity index (χ3n) is 1.76. The Balaban J connectivity index is 3.89. The first kappa shape index (κ1) is 12.6. The molecule has 0 aromatic carbocycles. The lowest BCUT2D eigenvalue weighted by Crippen LogP contribution is -2.41. The number of nitrogens with two attached hydrogens (primary N) is 2. The number of amides is 1. The summed E-state index contributed by atoms with van der Waals surface area (Å²) in [6.07, 6.45) is 1.70. The molecule has 0 bridgehead atoms. The minimum Gasteiger partial charge on any atom is -0.370 e. The minimum absolute atomic E-state index is 0.280. The van der Waals surface area contributed by atoms with Crippen molar-refractivity contribution in [3.8, 4) is 0 Å². The highest BCUT2D eigenvalue weighted by Gasteiger charge is 2.11. The number of carbonyl (C=O) groups excluding carboxylic acids is 2.